The lowest BCUT2D eigenvalue weighted by Gasteiger charge is -2.16. The van der Waals surface area contributed by atoms with Gasteiger partial charge in [0.15, 0.2) is 0 Å². The Bertz CT molecular complexity index is 538. The van der Waals surface area contributed by atoms with Crippen molar-refractivity contribution >= 4 is 21.6 Å². The van der Waals surface area contributed by atoms with Gasteiger partial charge in [-0.15, -0.1) is 0 Å². The summed E-state index contributed by atoms with van der Waals surface area (Å²) < 4.78 is 0. The summed E-state index contributed by atoms with van der Waals surface area (Å²) in [6.07, 6.45) is 2.37. The summed E-state index contributed by atoms with van der Waals surface area (Å²) in [5.41, 5.74) is 2.95. The average Bonchev–Trinajstić information content (AvgIpc) is 2.59. The van der Waals surface area contributed by atoms with Gasteiger partial charge < -0.3 is 0 Å². The van der Waals surface area contributed by atoms with Crippen molar-refractivity contribution in [3.8, 4) is 0 Å². The van der Waals surface area contributed by atoms with E-state index in [0.29, 0.717) is 11.8 Å². The quantitative estimate of drug-likeness (QED) is 0.482. The van der Waals surface area contributed by atoms with Gasteiger partial charge in [-0.2, -0.15) is 0 Å². The molecule has 2 unspecified atom stereocenters. The molecule has 2 atom stereocenters. The first-order valence-electron chi connectivity index (χ1n) is 8.19. The predicted molar refractivity (Wildman–Crippen MR) is 102 cm³/mol. The second-order valence-corrected chi connectivity index (χ2v) is 8.07. The summed E-state index contributed by atoms with van der Waals surface area (Å²) in [7, 11) is 3.81. The first-order valence-corrected chi connectivity index (χ1v) is 10.3. The van der Waals surface area contributed by atoms with E-state index in [1.54, 1.807) is 0 Å². The zero-order valence-electron chi connectivity index (χ0n) is 14.0. The molecule has 0 aromatic heterocycles. The van der Waals surface area contributed by atoms with E-state index in [1.165, 1.54) is 33.8 Å². The number of benzene rings is 2. The minimum absolute atomic E-state index is 0.620. The largest absolute Gasteiger partial charge is 0.0648 e. The second kappa shape index (κ2) is 8.69. The van der Waals surface area contributed by atoms with Crippen LogP contribution in [0.3, 0.4) is 0 Å². The topological polar surface area (TPSA) is 0 Å². The molecule has 22 heavy (non-hydrogen) atoms. The van der Waals surface area contributed by atoms with Gasteiger partial charge in [0.1, 0.15) is 0 Å². The van der Waals surface area contributed by atoms with E-state index in [-0.39, 0.29) is 0 Å². The zero-order chi connectivity index (χ0) is 15.9. The third kappa shape index (κ3) is 4.33. The molecule has 0 N–H and O–H groups in total. The van der Waals surface area contributed by atoms with Crippen molar-refractivity contribution < 1.29 is 0 Å². The van der Waals surface area contributed by atoms with Gasteiger partial charge in [0, 0.05) is 9.79 Å². The normalized spacial score (nSPS) is 13.8. The molecule has 2 aromatic carbocycles. The molecule has 0 aliphatic carbocycles. The Morgan fingerprint density at radius 2 is 1.05 bits per heavy atom. The highest BCUT2D eigenvalue weighted by atomic mass is 33.1. The van der Waals surface area contributed by atoms with Crippen LogP contribution in [-0.4, -0.2) is 0 Å². The molecule has 0 heterocycles. The van der Waals surface area contributed by atoms with Crippen LogP contribution in [0.1, 0.15) is 63.5 Å². The summed E-state index contributed by atoms with van der Waals surface area (Å²) in [5, 5.41) is 0. The van der Waals surface area contributed by atoms with Gasteiger partial charge in [-0.25, -0.2) is 0 Å². The Labute approximate surface area is 143 Å². The predicted octanol–water partition coefficient (Wildman–Crippen LogP) is 7.51. The van der Waals surface area contributed by atoms with Crippen LogP contribution in [0.25, 0.3) is 0 Å². The SMILES string of the molecule is CCC(C)c1ccccc1SSc1ccccc1C(C)CC. The lowest BCUT2D eigenvalue weighted by molar-refractivity contribution is 0.719. The maximum absolute atomic E-state index is 2.32. The van der Waals surface area contributed by atoms with Gasteiger partial charge in [-0.3, -0.25) is 0 Å². The third-order valence-corrected chi connectivity index (χ3v) is 6.86. The van der Waals surface area contributed by atoms with Crippen molar-refractivity contribution in [2.45, 2.75) is 62.2 Å². The highest BCUT2D eigenvalue weighted by molar-refractivity contribution is 8.76. The molecule has 0 spiro atoms. The molecule has 0 aliphatic rings. The van der Waals surface area contributed by atoms with E-state index in [0.717, 1.165) is 0 Å². The molecule has 0 saturated heterocycles. The molecule has 0 bridgehead atoms. The first kappa shape index (κ1) is 17.5. The summed E-state index contributed by atoms with van der Waals surface area (Å²) in [6, 6.07) is 17.7. The van der Waals surface area contributed by atoms with Gasteiger partial charge in [0.05, 0.1) is 0 Å². The van der Waals surface area contributed by atoms with Crippen molar-refractivity contribution in [3.63, 3.8) is 0 Å². The zero-order valence-corrected chi connectivity index (χ0v) is 15.6. The highest BCUT2D eigenvalue weighted by Gasteiger charge is 2.12. The molecule has 0 radical (unpaired) electrons. The van der Waals surface area contributed by atoms with E-state index in [2.05, 4.69) is 76.2 Å². The lowest BCUT2D eigenvalue weighted by atomic mass is 9.99. The molecule has 0 amide bonds. The fraction of sp³-hybridized carbons (Fsp3) is 0.400. The first-order chi connectivity index (χ1) is 10.7. The van der Waals surface area contributed by atoms with Gasteiger partial charge in [-0.05, 0) is 47.9 Å². The Morgan fingerprint density at radius 1 is 0.682 bits per heavy atom. The summed E-state index contributed by atoms with van der Waals surface area (Å²) in [5.74, 6) is 1.24. The van der Waals surface area contributed by atoms with Gasteiger partial charge >= 0.3 is 0 Å². The van der Waals surface area contributed by atoms with Crippen molar-refractivity contribution in [3.05, 3.63) is 59.7 Å². The number of hydrogen-bond acceptors (Lipinski definition) is 2. The van der Waals surface area contributed by atoms with Crippen LogP contribution in [0, 0.1) is 0 Å². The molecular weight excluding hydrogens is 304 g/mol. The standard InChI is InChI=1S/C20H26S2/c1-5-15(3)17-11-7-9-13-19(17)21-22-20-14-10-8-12-18(20)16(4)6-2/h7-16H,5-6H2,1-4H3. The van der Waals surface area contributed by atoms with Gasteiger partial charge in [0.25, 0.3) is 0 Å². The van der Waals surface area contributed by atoms with Gasteiger partial charge in [-0.1, -0.05) is 85.7 Å². The van der Waals surface area contributed by atoms with Gasteiger partial charge in [0.2, 0.25) is 0 Å². The molecular formula is C20H26S2. The smallest absolute Gasteiger partial charge is 0.0221 e. The number of rotatable bonds is 7. The summed E-state index contributed by atoms with van der Waals surface area (Å²) in [6.45, 7) is 9.16. The van der Waals surface area contributed by atoms with Crippen LogP contribution in [-0.2, 0) is 0 Å². The Balaban J connectivity index is 2.18. The van der Waals surface area contributed by atoms with E-state index in [4.69, 9.17) is 0 Å². The summed E-state index contributed by atoms with van der Waals surface area (Å²) >= 11 is 0. The fourth-order valence-electron chi connectivity index (χ4n) is 2.46. The monoisotopic (exact) mass is 330 g/mol. The highest BCUT2D eigenvalue weighted by Crippen LogP contribution is 2.43. The van der Waals surface area contributed by atoms with Crippen molar-refractivity contribution in [1.82, 2.24) is 0 Å². The van der Waals surface area contributed by atoms with E-state index in [9.17, 15) is 0 Å². The van der Waals surface area contributed by atoms with Crippen LogP contribution in [0.4, 0.5) is 0 Å². The molecule has 0 saturated carbocycles. The molecule has 118 valence electrons. The van der Waals surface area contributed by atoms with Crippen LogP contribution < -0.4 is 0 Å². The Hall–Kier alpha value is -0.860. The van der Waals surface area contributed by atoms with E-state index >= 15 is 0 Å². The Morgan fingerprint density at radius 3 is 1.41 bits per heavy atom. The van der Waals surface area contributed by atoms with E-state index in [1.807, 2.05) is 21.6 Å². The molecule has 0 nitrogen and oxygen atoms in total. The average molecular weight is 331 g/mol. The lowest BCUT2D eigenvalue weighted by Crippen LogP contribution is -1.94. The minimum atomic E-state index is 0.620. The van der Waals surface area contributed by atoms with Crippen LogP contribution in [0.5, 0.6) is 0 Å². The minimum Gasteiger partial charge on any atom is -0.0648 e. The van der Waals surface area contributed by atoms with Crippen LogP contribution >= 0.6 is 21.6 Å². The van der Waals surface area contributed by atoms with Crippen LogP contribution in [0.15, 0.2) is 58.3 Å². The van der Waals surface area contributed by atoms with Crippen molar-refractivity contribution in [2.24, 2.45) is 0 Å². The summed E-state index contributed by atoms with van der Waals surface area (Å²) in [4.78, 5) is 2.81. The Kier molecular flexibility index (Phi) is 6.91. The molecule has 2 heteroatoms. The van der Waals surface area contributed by atoms with Crippen molar-refractivity contribution in [1.29, 1.82) is 0 Å². The fourth-order valence-corrected chi connectivity index (χ4v) is 5.08. The second-order valence-electron chi connectivity index (χ2n) is 5.86. The third-order valence-electron chi connectivity index (χ3n) is 4.35. The maximum Gasteiger partial charge on any atom is 0.0221 e. The van der Waals surface area contributed by atoms with Crippen molar-refractivity contribution in [2.75, 3.05) is 0 Å². The molecule has 2 rings (SSSR count). The number of hydrogen-bond donors (Lipinski definition) is 0. The molecule has 0 fully saturated rings. The van der Waals surface area contributed by atoms with Crippen LogP contribution in [0.2, 0.25) is 0 Å². The van der Waals surface area contributed by atoms with E-state index < -0.39 is 0 Å². The molecule has 2 aromatic rings. The maximum atomic E-state index is 2.32. The molecule has 0 aliphatic heterocycles.